The fourth-order valence-electron chi connectivity index (χ4n) is 2.20. The molecule has 1 unspecified atom stereocenters. The predicted octanol–water partition coefficient (Wildman–Crippen LogP) is 2.12. The summed E-state index contributed by atoms with van der Waals surface area (Å²) < 4.78 is 0. The number of benzene rings is 1. The zero-order chi connectivity index (χ0) is 13.2. The molecule has 18 heavy (non-hydrogen) atoms. The number of hydrogen-bond acceptors (Lipinski definition) is 2. The van der Waals surface area contributed by atoms with Crippen LogP contribution >= 0.6 is 0 Å². The van der Waals surface area contributed by atoms with Gasteiger partial charge in [0.05, 0.1) is 0 Å². The van der Waals surface area contributed by atoms with Gasteiger partial charge in [0, 0.05) is 13.1 Å². The maximum Gasteiger partial charge on any atom is 0.246 e. The SMILES string of the molecule is CCN(CC1CC1)C(=O)C(C)(N)c1ccccc1. The molecule has 1 aliphatic rings. The zero-order valence-electron chi connectivity index (χ0n) is 11.2. The van der Waals surface area contributed by atoms with Crippen LogP contribution in [0.15, 0.2) is 30.3 Å². The summed E-state index contributed by atoms with van der Waals surface area (Å²) in [5.41, 5.74) is 6.22. The highest BCUT2D eigenvalue weighted by molar-refractivity contribution is 5.87. The van der Waals surface area contributed by atoms with Crippen molar-refractivity contribution in [3.63, 3.8) is 0 Å². The third-order valence-corrected chi connectivity index (χ3v) is 3.66. The van der Waals surface area contributed by atoms with E-state index < -0.39 is 5.54 Å². The summed E-state index contributed by atoms with van der Waals surface area (Å²) in [6.45, 7) is 5.41. The Kier molecular flexibility index (Phi) is 3.71. The van der Waals surface area contributed by atoms with Gasteiger partial charge < -0.3 is 10.6 Å². The molecule has 2 rings (SSSR count). The minimum atomic E-state index is -0.924. The van der Waals surface area contributed by atoms with E-state index in [1.54, 1.807) is 6.92 Å². The van der Waals surface area contributed by atoms with Crippen molar-refractivity contribution >= 4 is 5.91 Å². The smallest absolute Gasteiger partial charge is 0.246 e. The van der Waals surface area contributed by atoms with Crippen molar-refractivity contribution in [3.8, 4) is 0 Å². The molecule has 1 atom stereocenters. The quantitative estimate of drug-likeness (QED) is 0.865. The van der Waals surface area contributed by atoms with Crippen LogP contribution in [0, 0.1) is 5.92 Å². The number of carbonyl (C=O) groups excluding carboxylic acids is 1. The van der Waals surface area contributed by atoms with Gasteiger partial charge in [-0.3, -0.25) is 4.79 Å². The maximum atomic E-state index is 12.6. The van der Waals surface area contributed by atoms with Crippen molar-refractivity contribution in [2.45, 2.75) is 32.2 Å². The van der Waals surface area contributed by atoms with Crippen molar-refractivity contribution in [2.75, 3.05) is 13.1 Å². The van der Waals surface area contributed by atoms with Crippen LogP contribution in [0.25, 0.3) is 0 Å². The number of carbonyl (C=O) groups is 1. The molecule has 1 saturated carbocycles. The first-order valence-corrected chi connectivity index (χ1v) is 6.69. The van der Waals surface area contributed by atoms with Gasteiger partial charge in [0.15, 0.2) is 0 Å². The zero-order valence-corrected chi connectivity index (χ0v) is 11.2. The summed E-state index contributed by atoms with van der Waals surface area (Å²) >= 11 is 0. The molecule has 98 valence electrons. The van der Waals surface area contributed by atoms with Crippen LogP contribution < -0.4 is 5.73 Å². The van der Waals surface area contributed by atoms with E-state index in [1.807, 2.05) is 42.2 Å². The third kappa shape index (κ3) is 2.72. The van der Waals surface area contributed by atoms with E-state index in [2.05, 4.69) is 0 Å². The second-order valence-corrected chi connectivity index (χ2v) is 5.36. The van der Waals surface area contributed by atoms with Gasteiger partial charge in [0.2, 0.25) is 5.91 Å². The second-order valence-electron chi connectivity index (χ2n) is 5.36. The molecule has 0 radical (unpaired) electrons. The normalized spacial score (nSPS) is 18.2. The summed E-state index contributed by atoms with van der Waals surface area (Å²) in [5, 5.41) is 0. The molecule has 3 nitrogen and oxygen atoms in total. The average Bonchev–Trinajstić information content (AvgIpc) is 3.20. The molecule has 0 aromatic heterocycles. The Labute approximate surface area is 109 Å². The van der Waals surface area contributed by atoms with E-state index >= 15 is 0 Å². The molecule has 3 heteroatoms. The van der Waals surface area contributed by atoms with Crippen molar-refractivity contribution in [3.05, 3.63) is 35.9 Å². The van der Waals surface area contributed by atoms with E-state index in [4.69, 9.17) is 5.73 Å². The molecular formula is C15H22N2O. The van der Waals surface area contributed by atoms with Crippen LogP contribution in [0.1, 0.15) is 32.3 Å². The van der Waals surface area contributed by atoms with E-state index in [9.17, 15) is 4.79 Å². The van der Waals surface area contributed by atoms with Crippen LogP contribution in [0.4, 0.5) is 0 Å². The molecule has 0 heterocycles. The van der Waals surface area contributed by atoms with E-state index in [0.717, 1.165) is 18.7 Å². The van der Waals surface area contributed by atoms with Gasteiger partial charge in [0.25, 0.3) is 0 Å². The van der Waals surface area contributed by atoms with Crippen LogP contribution in [-0.2, 0) is 10.3 Å². The topological polar surface area (TPSA) is 46.3 Å². The predicted molar refractivity (Wildman–Crippen MR) is 73.0 cm³/mol. The fourth-order valence-corrected chi connectivity index (χ4v) is 2.20. The minimum absolute atomic E-state index is 0.0306. The van der Waals surface area contributed by atoms with E-state index in [0.29, 0.717) is 5.92 Å². The van der Waals surface area contributed by atoms with Crippen LogP contribution in [0.5, 0.6) is 0 Å². The van der Waals surface area contributed by atoms with Crippen molar-refractivity contribution in [1.82, 2.24) is 4.90 Å². The highest BCUT2D eigenvalue weighted by Gasteiger charge is 2.36. The van der Waals surface area contributed by atoms with Gasteiger partial charge in [0.1, 0.15) is 5.54 Å². The highest BCUT2D eigenvalue weighted by atomic mass is 16.2. The molecule has 2 N–H and O–H groups in total. The Balaban J connectivity index is 2.14. The molecule has 0 saturated heterocycles. The summed E-state index contributed by atoms with van der Waals surface area (Å²) in [6.07, 6.45) is 2.49. The lowest BCUT2D eigenvalue weighted by molar-refractivity contribution is -0.136. The molecule has 0 bridgehead atoms. The second kappa shape index (κ2) is 5.11. The van der Waals surface area contributed by atoms with Gasteiger partial charge in [-0.1, -0.05) is 30.3 Å². The van der Waals surface area contributed by atoms with Gasteiger partial charge in [-0.05, 0) is 38.2 Å². The molecule has 0 aliphatic heterocycles. The molecule has 1 aromatic rings. The number of nitrogens with zero attached hydrogens (tertiary/aromatic N) is 1. The lowest BCUT2D eigenvalue weighted by Crippen LogP contribution is -2.51. The average molecular weight is 246 g/mol. The molecule has 1 aromatic carbocycles. The Hall–Kier alpha value is -1.35. The summed E-state index contributed by atoms with van der Waals surface area (Å²) in [5.74, 6) is 0.726. The number of rotatable bonds is 5. The minimum Gasteiger partial charge on any atom is -0.341 e. The Morgan fingerprint density at radius 2 is 2.00 bits per heavy atom. The fraction of sp³-hybridized carbons (Fsp3) is 0.533. The molecule has 1 aliphatic carbocycles. The van der Waals surface area contributed by atoms with Crippen molar-refractivity contribution < 1.29 is 4.79 Å². The first-order valence-electron chi connectivity index (χ1n) is 6.69. The summed E-state index contributed by atoms with van der Waals surface area (Å²) in [7, 11) is 0. The number of hydrogen-bond donors (Lipinski definition) is 1. The largest absolute Gasteiger partial charge is 0.341 e. The Morgan fingerprint density at radius 1 is 1.39 bits per heavy atom. The summed E-state index contributed by atoms with van der Waals surface area (Å²) in [6, 6.07) is 9.62. The molecule has 1 amide bonds. The molecular weight excluding hydrogens is 224 g/mol. The third-order valence-electron chi connectivity index (χ3n) is 3.66. The maximum absolute atomic E-state index is 12.6. The Bertz CT molecular complexity index is 410. The first-order chi connectivity index (χ1) is 8.55. The lowest BCUT2D eigenvalue weighted by atomic mass is 9.91. The van der Waals surface area contributed by atoms with Crippen molar-refractivity contribution in [1.29, 1.82) is 0 Å². The number of likely N-dealkylation sites (N-methyl/N-ethyl adjacent to an activating group) is 1. The molecule has 1 fully saturated rings. The summed E-state index contributed by atoms with van der Waals surface area (Å²) in [4.78, 5) is 14.5. The van der Waals surface area contributed by atoms with Gasteiger partial charge in [-0.25, -0.2) is 0 Å². The van der Waals surface area contributed by atoms with E-state index in [1.165, 1.54) is 12.8 Å². The monoisotopic (exact) mass is 246 g/mol. The highest BCUT2D eigenvalue weighted by Crippen LogP contribution is 2.31. The molecule has 0 spiro atoms. The first kappa shape index (κ1) is 13.1. The number of amides is 1. The lowest BCUT2D eigenvalue weighted by Gasteiger charge is -2.31. The van der Waals surface area contributed by atoms with Crippen LogP contribution in [-0.4, -0.2) is 23.9 Å². The van der Waals surface area contributed by atoms with Gasteiger partial charge >= 0.3 is 0 Å². The van der Waals surface area contributed by atoms with Crippen LogP contribution in [0.2, 0.25) is 0 Å². The Morgan fingerprint density at radius 3 is 2.50 bits per heavy atom. The van der Waals surface area contributed by atoms with Gasteiger partial charge in [-0.15, -0.1) is 0 Å². The number of nitrogens with two attached hydrogens (primary N) is 1. The van der Waals surface area contributed by atoms with E-state index in [-0.39, 0.29) is 5.91 Å². The van der Waals surface area contributed by atoms with Gasteiger partial charge in [-0.2, -0.15) is 0 Å². The van der Waals surface area contributed by atoms with Crippen LogP contribution in [0.3, 0.4) is 0 Å². The van der Waals surface area contributed by atoms with Crippen molar-refractivity contribution in [2.24, 2.45) is 11.7 Å². The standard InChI is InChI=1S/C15H22N2O/c1-3-17(11-12-9-10-12)14(18)15(2,16)13-7-5-4-6-8-13/h4-8,12H,3,9-11,16H2,1-2H3.